The Balaban J connectivity index is 1.41. The average Bonchev–Trinajstić information content (AvgIpc) is 3.33. The molecule has 8 heteroatoms. The Labute approximate surface area is 145 Å². The van der Waals surface area contributed by atoms with Gasteiger partial charge < -0.3 is 10.2 Å². The number of hydrogen-bond acceptors (Lipinski definition) is 7. The zero-order chi connectivity index (χ0) is 16.9. The van der Waals surface area contributed by atoms with E-state index in [4.69, 9.17) is 0 Å². The summed E-state index contributed by atoms with van der Waals surface area (Å²) in [4.78, 5) is 22.6. The van der Waals surface area contributed by atoms with Crippen LogP contribution in [0.15, 0.2) is 18.6 Å². The predicted molar refractivity (Wildman–Crippen MR) is 93.0 cm³/mol. The molecule has 0 unspecified atom stereocenters. The first-order chi connectivity index (χ1) is 11.6. The Kier molecular flexibility index (Phi) is 5.47. The van der Waals surface area contributed by atoms with Crippen LogP contribution in [0.2, 0.25) is 0 Å². The van der Waals surface area contributed by atoms with E-state index in [0.29, 0.717) is 24.0 Å². The largest absolute Gasteiger partial charge is 0.303 e. The molecule has 24 heavy (non-hydrogen) atoms. The van der Waals surface area contributed by atoms with Gasteiger partial charge in [-0.25, -0.2) is 0 Å². The maximum atomic E-state index is 12.1. The van der Waals surface area contributed by atoms with Crippen molar-refractivity contribution in [2.45, 2.75) is 44.6 Å². The van der Waals surface area contributed by atoms with Crippen LogP contribution >= 0.6 is 11.3 Å². The second kappa shape index (κ2) is 7.76. The van der Waals surface area contributed by atoms with E-state index in [-0.39, 0.29) is 11.9 Å². The maximum absolute atomic E-state index is 12.1. The summed E-state index contributed by atoms with van der Waals surface area (Å²) in [6, 6.07) is 0.289. The lowest BCUT2D eigenvalue weighted by molar-refractivity contribution is -0.116. The van der Waals surface area contributed by atoms with Crippen molar-refractivity contribution in [1.29, 1.82) is 0 Å². The van der Waals surface area contributed by atoms with Crippen LogP contribution in [0.25, 0.3) is 0 Å². The van der Waals surface area contributed by atoms with Gasteiger partial charge in [0.15, 0.2) is 0 Å². The fourth-order valence-electron chi connectivity index (χ4n) is 2.35. The highest BCUT2D eigenvalue weighted by Gasteiger charge is 2.27. The van der Waals surface area contributed by atoms with Crippen molar-refractivity contribution in [3.8, 4) is 0 Å². The third-order valence-corrected chi connectivity index (χ3v) is 5.18. The number of likely N-dealkylation sites (N-methyl/N-ethyl adjacent to an activating group) is 1. The highest BCUT2D eigenvalue weighted by molar-refractivity contribution is 7.15. The number of anilines is 1. The minimum absolute atomic E-state index is 0.0213. The molecule has 128 valence electrons. The number of carbonyl (C=O) groups excluding carboxylic acids is 1. The average molecular weight is 346 g/mol. The predicted octanol–water partition coefficient (Wildman–Crippen LogP) is 2.10. The first-order valence-corrected chi connectivity index (χ1v) is 9.02. The molecular weight excluding hydrogens is 324 g/mol. The van der Waals surface area contributed by atoms with Gasteiger partial charge in [0.2, 0.25) is 11.0 Å². The number of nitrogens with one attached hydrogen (secondary N) is 1. The summed E-state index contributed by atoms with van der Waals surface area (Å²) in [5, 5.41) is 12.7. The van der Waals surface area contributed by atoms with E-state index in [2.05, 4.69) is 37.3 Å². The molecule has 0 saturated heterocycles. The zero-order valence-corrected chi connectivity index (χ0v) is 14.8. The van der Waals surface area contributed by atoms with Crippen LogP contribution in [0.5, 0.6) is 0 Å². The standard InChI is InChI=1S/C16H22N6OS/c1-11(9-13-10-17-6-7-18-13)22(2)8-5-14(23)19-16-21-20-15(24-16)12-3-4-12/h6-7,10-12H,3-5,8-9H2,1-2H3,(H,19,21,23)/t11-/m0/s1. The van der Waals surface area contributed by atoms with Crippen molar-refractivity contribution in [2.75, 3.05) is 18.9 Å². The molecule has 7 nitrogen and oxygen atoms in total. The van der Waals surface area contributed by atoms with Crippen LogP contribution in [0.3, 0.4) is 0 Å². The molecule has 2 aromatic heterocycles. The number of hydrogen-bond donors (Lipinski definition) is 1. The van der Waals surface area contributed by atoms with Crippen molar-refractivity contribution in [1.82, 2.24) is 25.1 Å². The molecule has 1 aliphatic carbocycles. The molecule has 0 radical (unpaired) electrons. The van der Waals surface area contributed by atoms with E-state index in [1.165, 1.54) is 24.2 Å². The normalized spacial score (nSPS) is 15.5. The van der Waals surface area contributed by atoms with Crippen LogP contribution in [-0.2, 0) is 11.2 Å². The van der Waals surface area contributed by atoms with Gasteiger partial charge >= 0.3 is 0 Å². The first kappa shape index (κ1) is 16.9. The van der Waals surface area contributed by atoms with E-state index >= 15 is 0 Å². The van der Waals surface area contributed by atoms with E-state index in [1.54, 1.807) is 18.6 Å². The van der Waals surface area contributed by atoms with E-state index < -0.39 is 0 Å². The summed E-state index contributed by atoms with van der Waals surface area (Å²) in [5.74, 6) is 0.549. The summed E-state index contributed by atoms with van der Waals surface area (Å²) < 4.78 is 0. The summed E-state index contributed by atoms with van der Waals surface area (Å²) >= 11 is 1.49. The molecule has 1 amide bonds. The Morgan fingerprint density at radius 3 is 2.96 bits per heavy atom. The van der Waals surface area contributed by atoms with Crippen LogP contribution in [-0.4, -0.2) is 50.6 Å². The van der Waals surface area contributed by atoms with Crippen molar-refractivity contribution < 1.29 is 4.79 Å². The van der Waals surface area contributed by atoms with E-state index in [1.807, 2.05) is 7.05 Å². The quantitative estimate of drug-likeness (QED) is 0.788. The van der Waals surface area contributed by atoms with Gasteiger partial charge in [0.05, 0.1) is 5.69 Å². The molecule has 0 aromatic carbocycles. The van der Waals surface area contributed by atoms with Gasteiger partial charge in [-0.2, -0.15) is 0 Å². The Bertz CT molecular complexity index is 672. The molecule has 1 fully saturated rings. The molecule has 1 atom stereocenters. The lowest BCUT2D eigenvalue weighted by Gasteiger charge is -2.23. The second-order valence-electron chi connectivity index (χ2n) is 6.25. The fourth-order valence-corrected chi connectivity index (χ4v) is 3.28. The summed E-state index contributed by atoms with van der Waals surface area (Å²) in [5.41, 5.74) is 0.961. The maximum Gasteiger partial charge on any atom is 0.227 e. The molecule has 2 heterocycles. The number of nitrogens with zero attached hydrogens (tertiary/aromatic N) is 5. The number of amides is 1. The van der Waals surface area contributed by atoms with Gasteiger partial charge in [0.1, 0.15) is 5.01 Å². The Morgan fingerprint density at radius 2 is 2.25 bits per heavy atom. The zero-order valence-electron chi connectivity index (χ0n) is 14.0. The lowest BCUT2D eigenvalue weighted by atomic mass is 10.1. The minimum Gasteiger partial charge on any atom is -0.303 e. The van der Waals surface area contributed by atoms with Crippen LogP contribution < -0.4 is 5.32 Å². The van der Waals surface area contributed by atoms with Crippen LogP contribution in [0.4, 0.5) is 5.13 Å². The molecule has 0 spiro atoms. The molecule has 1 saturated carbocycles. The van der Waals surface area contributed by atoms with Gasteiger partial charge in [0, 0.05) is 49.9 Å². The van der Waals surface area contributed by atoms with E-state index in [9.17, 15) is 4.79 Å². The SMILES string of the molecule is C[C@@H](Cc1cnccn1)N(C)CCC(=O)Nc1nnc(C2CC2)s1. The number of carbonyl (C=O) groups is 1. The summed E-state index contributed by atoms with van der Waals surface area (Å²) in [7, 11) is 2.02. The smallest absolute Gasteiger partial charge is 0.227 e. The van der Waals surface area contributed by atoms with Crippen molar-refractivity contribution in [3.63, 3.8) is 0 Å². The van der Waals surface area contributed by atoms with Gasteiger partial charge in [-0.05, 0) is 26.8 Å². The monoisotopic (exact) mass is 346 g/mol. The molecular formula is C16H22N6OS. The first-order valence-electron chi connectivity index (χ1n) is 8.20. The van der Waals surface area contributed by atoms with E-state index in [0.717, 1.165) is 17.1 Å². The molecule has 3 rings (SSSR count). The van der Waals surface area contributed by atoms with Crippen molar-refractivity contribution in [3.05, 3.63) is 29.3 Å². The lowest BCUT2D eigenvalue weighted by Crippen LogP contribution is -2.33. The molecule has 1 aliphatic rings. The fraction of sp³-hybridized carbons (Fsp3) is 0.562. The minimum atomic E-state index is -0.0213. The van der Waals surface area contributed by atoms with Crippen molar-refractivity contribution >= 4 is 22.4 Å². The third kappa shape index (κ3) is 4.78. The second-order valence-corrected chi connectivity index (χ2v) is 7.26. The summed E-state index contributed by atoms with van der Waals surface area (Å²) in [6.45, 7) is 2.81. The topological polar surface area (TPSA) is 83.9 Å². The summed E-state index contributed by atoms with van der Waals surface area (Å²) in [6.07, 6.45) is 8.78. The molecule has 2 aromatic rings. The van der Waals surface area contributed by atoms with Crippen LogP contribution in [0, 0.1) is 0 Å². The molecule has 0 aliphatic heterocycles. The Morgan fingerprint density at radius 1 is 1.42 bits per heavy atom. The van der Waals surface area contributed by atoms with Gasteiger partial charge in [-0.3, -0.25) is 14.8 Å². The highest BCUT2D eigenvalue weighted by Crippen LogP contribution is 2.42. The van der Waals surface area contributed by atoms with Crippen LogP contribution in [0.1, 0.15) is 42.8 Å². The third-order valence-electron chi connectivity index (χ3n) is 4.18. The number of rotatable bonds is 8. The molecule has 0 bridgehead atoms. The Hall–Kier alpha value is -1.93. The van der Waals surface area contributed by atoms with Gasteiger partial charge in [-0.1, -0.05) is 11.3 Å². The van der Waals surface area contributed by atoms with Crippen molar-refractivity contribution in [2.24, 2.45) is 0 Å². The van der Waals surface area contributed by atoms with Gasteiger partial charge in [-0.15, -0.1) is 10.2 Å². The van der Waals surface area contributed by atoms with Gasteiger partial charge in [0.25, 0.3) is 0 Å². The highest BCUT2D eigenvalue weighted by atomic mass is 32.1. The molecule has 1 N–H and O–H groups in total. The number of aromatic nitrogens is 4.